The quantitative estimate of drug-likeness (QED) is 0.463. The number of nitrogens with one attached hydrogen (secondary N) is 1. The molecule has 7 heteroatoms. The predicted molar refractivity (Wildman–Crippen MR) is 74.1 cm³/mol. The van der Waals surface area contributed by atoms with Gasteiger partial charge in [0.2, 0.25) is 0 Å². The lowest BCUT2D eigenvalue weighted by atomic mass is 10.0. The van der Waals surface area contributed by atoms with Gasteiger partial charge in [-0.25, -0.2) is 5.43 Å². The average molecular weight is 301 g/mol. The van der Waals surface area contributed by atoms with Crippen molar-refractivity contribution in [2.45, 2.75) is 19.1 Å². The Labute approximate surface area is 118 Å². The molecule has 0 spiro atoms. The van der Waals surface area contributed by atoms with Crippen molar-refractivity contribution in [3.8, 4) is 0 Å². The van der Waals surface area contributed by atoms with Gasteiger partial charge in [0.15, 0.2) is 0 Å². The summed E-state index contributed by atoms with van der Waals surface area (Å²) in [7, 11) is 0. The second kappa shape index (κ2) is 5.43. The van der Waals surface area contributed by atoms with E-state index in [0.29, 0.717) is 5.56 Å². The molecule has 0 radical (unpaired) electrons. The third kappa shape index (κ3) is 2.95. The van der Waals surface area contributed by atoms with Gasteiger partial charge in [0.05, 0.1) is 11.6 Å². The van der Waals surface area contributed by atoms with Crippen LogP contribution in [-0.2, 0) is 6.18 Å². The Morgan fingerprint density at radius 1 is 1.20 bits per heavy atom. The number of hydrogen-bond acceptors (Lipinski definition) is 4. The molecule has 1 aromatic heterocycles. The maximum Gasteiger partial charge on any atom is 0.416 e. The number of benzene rings is 1. The Kier molecular flexibility index (Phi) is 4.03. The van der Waals surface area contributed by atoms with Crippen LogP contribution in [-0.4, -0.2) is 0 Å². The number of anilines is 1. The van der Waals surface area contributed by atoms with Gasteiger partial charge in [-0.1, -0.05) is 0 Å². The Morgan fingerprint density at radius 2 is 1.90 bits per heavy atom. The summed E-state index contributed by atoms with van der Waals surface area (Å²) >= 11 is 1.46. The minimum absolute atomic E-state index is 0.270. The second-order valence-corrected chi connectivity index (χ2v) is 5.71. The van der Waals surface area contributed by atoms with Crippen molar-refractivity contribution < 1.29 is 13.2 Å². The molecule has 3 nitrogen and oxygen atoms in total. The highest BCUT2D eigenvalue weighted by atomic mass is 32.1. The predicted octanol–water partition coefficient (Wildman–Crippen LogP) is 3.21. The number of hydrazine groups is 1. The summed E-state index contributed by atoms with van der Waals surface area (Å²) in [5.74, 6) is 5.49. The van der Waals surface area contributed by atoms with Crippen molar-refractivity contribution in [3.63, 3.8) is 0 Å². The molecule has 0 aliphatic rings. The Bertz CT molecular complexity index is 607. The van der Waals surface area contributed by atoms with E-state index >= 15 is 0 Å². The van der Waals surface area contributed by atoms with E-state index in [1.54, 1.807) is 0 Å². The van der Waals surface area contributed by atoms with Gasteiger partial charge in [0.25, 0.3) is 0 Å². The van der Waals surface area contributed by atoms with Crippen molar-refractivity contribution in [3.05, 3.63) is 51.2 Å². The van der Waals surface area contributed by atoms with Crippen LogP contribution >= 0.6 is 11.3 Å². The molecule has 0 saturated heterocycles. The minimum Gasteiger partial charge on any atom is -0.398 e. The number of hydrogen-bond donors (Lipinski definition) is 3. The minimum atomic E-state index is -4.41. The third-order valence-corrected chi connectivity index (χ3v) is 4.00. The van der Waals surface area contributed by atoms with Crippen LogP contribution in [0.1, 0.15) is 26.9 Å². The standard InChI is InChI=1S/C13H14F3N3S/c1-7-2-5-11(20-7)12(19-18)9-6-8(13(14,15)16)3-4-10(9)17/h2-6,12,19H,17-18H2,1H3. The van der Waals surface area contributed by atoms with E-state index in [4.69, 9.17) is 11.6 Å². The monoisotopic (exact) mass is 301 g/mol. The SMILES string of the molecule is Cc1ccc(C(NN)c2cc(C(F)(F)F)ccc2N)s1. The fourth-order valence-corrected chi connectivity index (χ4v) is 2.89. The van der Waals surface area contributed by atoms with Crippen molar-refractivity contribution in [1.82, 2.24) is 5.43 Å². The highest BCUT2D eigenvalue weighted by molar-refractivity contribution is 7.12. The lowest BCUT2D eigenvalue weighted by molar-refractivity contribution is -0.137. The summed E-state index contributed by atoms with van der Waals surface area (Å²) in [6.07, 6.45) is -4.41. The lowest BCUT2D eigenvalue weighted by Gasteiger charge is -2.19. The molecule has 108 valence electrons. The van der Waals surface area contributed by atoms with Crippen LogP contribution in [0.4, 0.5) is 18.9 Å². The first-order valence-electron chi connectivity index (χ1n) is 5.82. The average Bonchev–Trinajstić information content (AvgIpc) is 2.77. The molecule has 1 heterocycles. The Hall–Kier alpha value is -1.57. The van der Waals surface area contributed by atoms with Crippen LogP contribution in [0.15, 0.2) is 30.3 Å². The maximum atomic E-state index is 12.8. The Morgan fingerprint density at radius 3 is 2.40 bits per heavy atom. The Balaban J connectivity index is 2.49. The number of alkyl halides is 3. The smallest absolute Gasteiger partial charge is 0.398 e. The second-order valence-electron chi connectivity index (χ2n) is 4.39. The topological polar surface area (TPSA) is 64.1 Å². The van der Waals surface area contributed by atoms with Crippen molar-refractivity contribution in [2.75, 3.05) is 5.73 Å². The number of nitrogen functional groups attached to an aromatic ring is 1. The zero-order valence-electron chi connectivity index (χ0n) is 10.7. The maximum absolute atomic E-state index is 12.8. The summed E-state index contributed by atoms with van der Waals surface area (Å²) in [6.45, 7) is 1.91. The fourth-order valence-electron chi connectivity index (χ4n) is 1.93. The molecule has 1 atom stereocenters. The van der Waals surface area contributed by atoms with E-state index in [1.807, 2.05) is 19.1 Å². The molecular formula is C13H14F3N3S. The summed E-state index contributed by atoms with van der Waals surface area (Å²) in [6, 6.07) is 6.40. The summed E-state index contributed by atoms with van der Waals surface area (Å²) in [5.41, 5.74) is 8.18. The van der Waals surface area contributed by atoms with E-state index in [1.165, 1.54) is 17.4 Å². The van der Waals surface area contributed by atoms with Gasteiger partial charge in [-0.3, -0.25) is 5.84 Å². The third-order valence-electron chi connectivity index (χ3n) is 2.94. The number of nitrogens with two attached hydrogens (primary N) is 2. The molecular weight excluding hydrogens is 287 g/mol. The van der Waals surface area contributed by atoms with Gasteiger partial charge in [0.1, 0.15) is 0 Å². The van der Waals surface area contributed by atoms with Gasteiger partial charge < -0.3 is 5.73 Å². The molecule has 5 N–H and O–H groups in total. The molecule has 0 aliphatic carbocycles. The van der Waals surface area contributed by atoms with Crippen LogP contribution < -0.4 is 17.0 Å². The van der Waals surface area contributed by atoms with Crippen LogP contribution in [0.5, 0.6) is 0 Å². The van der Waals surface area contributed by atoms with E-state index < -0.39 is 17.8 Å². The normalized spacial score (nSPS) is 13.4. The zero-order chi connectivity index (χ0) is 14.9. The fraction of sp³-hybridized carbons (Fsp3) is 0.231. The van der Waals surface area contributed by atoms with Gasteiger partial charge in [-0.2, -0.15) is 13.2 Å². The molecule has 1 unspecified atom stereocenters. The summed E-state index contributed by atoms with van der Waals surface area (Å²) < 4.78 is 38.4. The zero-order valence-corrected chi connectivity index (χ0v) is 11.5. The van der Waals surface area contributed by atoms with Gasteiger partial charge >= 0.3 is 6.18 Å². The van der Waals surface area contributed by atoms with Crippen molar-refractivity contribution >= 4 is 17.0 Å². The van der Waals surface area contributed by atoms with Gasteiger partial charge in [-0.15, -0.1) is 11.3 Å². The van der Waals surface area contributed by atoms with Crippen molar-refractivity contribution in [1.29, 1.82) is 0 Å². The highest BCUT2D eigenvalue weighted by Crippen LogP contribution is 2.36. The van der Waals surface area contributed by atoms with E-state index in [0.717, 1.165) is 21.9 Å². The number of thiophene rings is 1. The van der Waals surface area contributed by atoms with Crippen LogP contribution in [0.2, 0.25) is 0 Å². The molecule has 2 rings (SSSR count). The van der Waals surface area contributed by atoms with E-state index in [9.17, 15) is 13.2 Å². The first-order valence-corrected chi connectivity index (χ1v) is 6.63. The molecule has 1 aromatic carbocycles. The first kappa shape index (κ1) is 14.8. The van der Waals surface area contributed by atoms with Crippen LogP contribution in [0.25, 0.3) is 0 Å². The van der Waals surface area contributed by atoms with Crippen molar-refractivity contribution in [2.24, 2.45) is 5.84 Å². The molecule has 2 aromatic rings. The first-order chi connectivity index (χ1) is 9.32. The van der Waals surface area contributed by atoms with Crippen LogP contribution in [0, 0.1) is 6.92 Å². The number of aryl methyl sites for hydroxylation is 1. The summed E-state index contributed by atoms with van der Waals surface area (Å²) in [5, 5.41) is 0. The van der Waals surface area contributed by atoms with Gasteiger partial charge in [0, 0.05) is 15.4 Å². The molecule has 0 aliphatic heterocycles. The highest BCUT2D eigenvalue weighted by Gasteiger charge is 2.32. The molecule has 0 bridgehead atoms. The van der Waals surface area contributed by atoms with Gasteiger partial charge in [-0.05, 0) is 42.8 Å². The van der Waals surface area contributed by atoms with E-state index in [2.05, 4.69) is 5.43 Å². The number of halogens is 3. The molecule has 0 amide bonds. The lowest BCUT2D eigenvalue weighted by Crippen LogP contribution is -2.29. The van der Waals surface area contributed by atoms with Crippen LogP contribution in [0.3, 0.4) is 0 Å². The molecule has 20 heavy (non-hydrogen) atoms. The summed E-state index contributed by atoms with van der Waals surface area (Å²) in [4.78, 5) is 1.86. The number of rotatable bonds is 3. The van der Waals surface area contributed by atoms with E-state index in [-0.39, 0.29) is 5.69 Å². The largest absolute Gasteiger partial charge is 0.416 e. The molecule has 0 fully saturated rings. The molecule has 0 saturated carbocycles.